The highest BCUT2D eigenvalue weighted by Gasteiger charge is 2.18. The van der Waals surface area contributed by atoms with Gasteiger partial charge < -0.3 is 0 Å². The van der Waals surface area contributed by atoms with Crippen molar-refractivity contribution in [2.75, 3.05) is 0 Å². The molecule has 0 saturated carbocycles. The van der Waals surface area contributed by atoms with Crippen LogP contribution < -0.4 is 11.3 Å². The fourth-order valence-corrected chi connectivity index (χ4v) is 2.13. The summed E-state index contributed by atoms with van der Waals surface area (Å²) in [6, 6.07) is 5.32. The van der Waals surface area contributed by atoms with E-state index in [0.29, 0.717) is 5.56 Å². The Bertz CT molecular complexity index is 635. The van der Waals surface area contributed by atoms with Crippen molar-refractivity contribution in [3.8, 4) is 0 Å². The summed E-state index contributed by atoms with van der Waals surface area (Å²) < 4.78 is 52.8. The Morgan fingerprint density at radius 3 is 2.24 bits per heavy atom. The van der Waals surface area contributed by atoms with Gasteiger partial charge in [-0.15, -0.1) is 0 Å². The van der Waals surface area contributed by atoms with Gasteiger partial charge in [0.05, 0.1) is 6.04 Å². The first-order valence-electron chi connectivity index (χ1n) is 6.28. The van der Waals surface area contributed by atoms with Crippen LogP contribution in [0.25, 0.3) is 0 Å². The maximum atomic E-state index is 13.3. The first kappa shape index (κ1) is 15.5. The molecular weight excluding hydrogens is 284 g/mol. The third kappa shape index (κ3) is 3.40. The predicted octanol–water partition coefficient (Wildman–Crippen LogP) is 3.30. The molecule has 0 fully saturated rings. The molecule has 3 N–H and O–H groups in total. The number of nitrogens with two attached hydrogens (primary N) is 1. The van der Waals surface area contributed by atoms with Gasteiger partial charge in [0.25, 0.3) is 0 Å². The summed E-state index contributed by atoms with van der Waals surface area (Å²) in [5.41, 5.74) is 4.02. The molecule has 0 spiro atoms. The molecule has 6 heteroatoms. The number of hydrogen-bond donors (Lipinski definition) is 2. The van der Waals surface area contributed by atoms with Crippen LogP contribution in [0.4, 0.5) is 17.6 Å². The molecule has 0 aromatic heterocycles. The van der Waals surface area contributed by atoms with E-state index in [1.807, 2.05) is 0 Å². The minimum atomic E-state index is -1.53. The third-order valence-electron chi connectivity index (χ3n) is 3.34. The first-order valence-corrected chi connectivity index (χ1v) is 6.28. The summed E-state index contributed by atoms with van der Waals surface area (Å²) >= 11 is 0. The molecular formula is C15H14F4N2. The van der Waals surface area contributed by atoms with Crippen LogP contribution >= 0.6 is 0 Å². The van der Waals surface area contributed by atoms with Crippen LogP contribution in [0.1, 0.15) is 22.7 Å². The highest BCUT2D eigenvalue weighted by Crippen LogP contribution is 2.23. The highest BCUT2D eigenvalue weighted by atomic mass is 19.2. The summed E-state index contributed by atoms with van der Waals surface area (Å²) in [6.07, 6.45) is 0.213. The van der Waals surface area contributed by atoms with Crippen LogP contribution in [0, 0.1) is 30.2 Å². The van der Waals surface area contributed by atoms with Crippen LogP contribution in [0.2, 0.25) is 0 Å². The van der Waals surface area contributed by atoms with Crippen LogP contribution in [-0.4, -0.2) is 0 Å². The van der Waals surface area contributed by atoms with Gasteiger partial charge in [-0.05, 0) is 54.3 Å². The summed E-state index contributed by atoms with van der Waals surface area (Å²) in [7, 11) is 0. The zero-order valence-corrected chi connectivity index (χ0v) is 11.3. The van der Waals surface area contributed by atoms with E-state index in [-0.39, 0.29) is 12.0 Å². The molecule has 0 aliphatic heterocycles. The maximum absolute atomic E-state index is 13.3. The van der Waals surface area contributed by atoms with Gasteiger partial charge in [0.15, 0.2) is 17.5 Å². The number of rotatable bonds is 4. The summed E-state index contributed by atoms with van der Waals surface area (Å²) in [6.45, 7) is 1.79. The fourth-order valence-electron chi connectivity index (χ4n) is 2.13. The summed E-state index contributed by atoms with van der Waals surface area (Å²) in [5, 5.41) is 0. The number of hydrogen-bond acceptors (Lipinski definition) is 2. The van der Waals surface area contributed by atoms with Gasteiger partial charge >= 0.3 is 0 Å². The van der Waals surface area contributed by atoms with Crippen molar-refractivity contribution < 1.29 is 17.6 Å². The van der Waals surface area contributed by atoms with E-state index in [1.165, 1.54) is 12.1 Å². The average molecular weight is 298 g/mol. The van der Waals surface area contributed by atoms with E-state index >= 15 is 0 Å². The first-order chi connectivity index (χ1) is 9.92. The molecule has 1 atom stereocenters. The standard InChI is InChI=1S/C15H14F4N2/c1-8-2-3-11(16)4-9(8)7-14(21-20)10-5-12(17)15(19)13(18)6-10/h2-6,14,21H,7,20H2,1H3. The third-order valence-corrected chi connectivity index (χ3v) is 3.34. The molecule has 0 aliphatic rings. The molecule has 0 radical (unpaired) electrons. The van der Waals surface area contributed by atoms with E-state index in [4.69, 9.17) is 5.84 Å². The molecule has 2 nitrogen and oxygen atoms in total. The Kier molecular flexibility index (Phi) is 4.59. The lowest BCUT2D eigenvalue weighted by atomic mass is 9.96. The lowest BCUT2D eigenvalue weighted by Gasteiger charge is -2.18. The SMILES string of the molecule is Cc1ccc(F)cc1CC(NN)c1cc(F)c(F)c(F)c1. The second-order valence-corrected chi connectivity index (χ2v) is 4.79. The second kappa shape index (κ2) is 6.24. The van der Waals surface area contributed by atoms with Crippen molar-refractivity contribution in [2.45, 2.75) is 19.4 Å². The Balaban J connectivity index is 2.34. The van der Waals surface area contributed by atoms with Crippen molar-refractivity contribution in [1.82, 2.24) is 5.43 Å². The van der Waals surface area contributed by atoms with Crippen molar-refractivity contribution in [3.63, 3.8) is 0 Å². The average Bonchev–Trinajstić information content (AvgIpc) is 2.45. The van der Waals surface area contributed by atoms with Gasteiger partial charge in [0.2, 0.25) is 0 Å². The molecule has 0 saturated heterocycles. The monoisotopic (exact) mass is 298 g/mol. The van der Waals surface area contributed by atoms with E-state index in [9.17, 15) is 17.6 Å². The molecule has 0 heterocycles. The highest BCUT2D eigenvalue weighted by molar-refractivity contribution is 5.30. The van der Waals surface area contributed by atoms with Gasteiger partial charge in [-0.25, -0.2) is 17.6 Å². The predicted molar refractivity (Wildman–Crippen MR) is 71.2 cm³/mol. The number of aryl methyl sites for hydroxylation is 1. The number of benzene rings is 2. The molecule has 0 bridgehead atoms. The minimum Gasteiger partial charge on any atom is -0.271 e. The molecule has 112 valence electrons. The zero-order valence-electron chi connectivity index (χ0n) is 11.3. The van der Waals surface area contributed by atoms with Crippen LogP contribution in [-0.2, 0) is 6.42 Å². The van der Waals surface area contributed by atoms with E-state index in [2.05, 4.69) is 5.43 Å². The molecule has 1 unspecified atom stereocenters. The van der Waals surface area contributed by atoms with Gasteiger partial charge in [0.1, 0.15) is 5.82 Å². The summed E-state index contributed by atoms with van der Waals surface area (Å²) in [4.78, 5) is 0. The molecule has 2 rings (SSSR count). The van der Waals surface area contributed by atoms with Crippen LogP contribution in [0.15, 0.2) is 30.3 Å². The van der Waals surface area contributed by atoms with Crippen molar-refractivity contribution >= 4 is 0 Å². The lowest BCUT2D eigenvalue weighted by molar-refractivity contribution is 0.439. The van der Waals surface area contributed by atoms with Gasteiger partial charge in [-0.3, -0.25) is 11.3 Å². The quantitative estimate of drug-likeness (QED) is 0.393. The Labute approximate surface area is 119 Å². The van der Waals surface area contributed by atoms with Crippen molar-refractivity contribution in [2.24, 2.45) is 5.84 Å². The van der Waals surface area contributed by atoms with E-state index in [0.717, 1.165) is 17.7 Å². The summed E-state index contributed by atoms with van der Waals surface area (Å²) in [5.74, 6) is 0.870. The van der Waals surface area contributed by atoms with Gasteiger partial charge in [0, 0.05) is 0 Å². The molecule has 21 heavy (non-hydrogen) atoms. The number of hydrazine groups is 1. The molecule has 0 aliphatic carbocycles. The lowest BCUT2D eigenvalue weighted by Crippen LogP contribution is -2.30. The normalized spacial score (nSPS) is 12.5. The Hall–Kier alpha value is -1.92. The maximum Gasteiger partial charge on any atom is 0.194 e. The van der Waals surface area contributed by atoms with Crippen molar-refractivity contribution in [3.05, 3.63) is 70.3 Å². The zero-order chi connectivity index (χ0) is 15.6. The van der Waals surface area contributed by atoms with Crippen LogP contribution in [0.3, 0.4) is 0 Å². The Morgan fingerprint density at radius 1 is 1.05 bits per heavy atom. The number of nitrogens with one attached hydrogen (secondary N) is 1. The van der Waals surface area contributed by atoms with Gasteiger partial charge in [-0.2, -0.15) is 0 Å². The van der Waals surface area contributed by atoms with Crippen molar-refractivity contribution in [1.29, 1.82) is 0 Å². The molecule has 2 aromatic rings. The van der Waals surface area contributed by atoms with E-state index < -0.39 is 29.3 Å². The van der Waals surface area contributed by atoms with Gasteiger partial charge in [-0.1, -0.05) is 6.07 Å². The minimum absolute atomic E-state index is 0.151. The van der Waals surface area contributed by atoms with E-state index in [1.54, 1.807) is 13.0 Å². The largest absolute Gasteiger partial charge is 0.271 e. The van der Waals surface area contributed by atoms with Crippen LogP contribution in [0.5, 0.6) is 0 Å². The topological polar surface area (TPSA) is 38.0 Å². The smallest absolute Gasteiger partial charge is 0.194 e. The second-order valence-electron chi connectivity index (χ2n) is 4.79. The molecule has 0 amide bonds. The number of halogens is 4. The Morgan fingerprint density at radius 2 is 1.67 bits per heavy atom. The fraction of sp³-hybridized carbons (Fsp3) is 0.200. The molecule has 2 aromatic carbocycles.